The number of rotatable bonds is 3. The number of nitrogens with zero attached hydrogens (tertiary/aromatic N) is 1. The Labute approximate surface area is 82.1 Å². The first-order chi connectivity index (χ1) is 5.61. The van der Waals surface area contributed by atoms with Crippen molar-refractivity contribution in [3.8, 4) is 0 Å². The van der Waals surface area contributed by atoms with Crippen molar-refractivity contribution in [3.05, 3.63) is 0 Å². The Morgan fingerprint density at radius 2 is 2.31 bits per heavy atom. The summed E-state index contributed by atoms with van der Waals surface area (Å²) in [6.45, 7) is 0.216. The van der Waals surface area contributed by atoms with E-state index in [9.17, 15) is 9.18 Å². The lowest BCUT2D eigenvalue weighted by atomic mass is 10.2. The first-order valence-electron chi connectivity index (χ1n) is 3.75. The molecule has 0 unspecified atom stereocenters. The molecule has 1 rings (SSSR count). The fourth-order valence-corrected chi connectivity index (χ4v) is 1.25. The van der Waals surface area contributed by atoms with Gasteiger partial charge in [-0.15, -0.1) is 12.4 Å². The maximum absolute atomic E-state index is 12.9. The number of carbonyl (C=O) groups is 1. The third-order valence-corrected chi connectivity index (χ3v) is 1.93. The zero-order chi connectivity index (χ0) is 9.14. The van der Waals surface area contributed by atoms with E-state index >= 15 is 0 Å². The van der Waals surface area contributed by atoms with Crippen molar-refractivity contribution in [2.24, 2.45) is 0 Å². The second-order valence-electron chi connectivity index (χ2n) is 2.93. The summed E-state index contributed by atoms with van der Waals surface area (Å²) in [7, 11) is 1.58. The molecule has 0 amide bonds. The summed E-state index contributed by atoms with van der Waals surface area (Å²) in [6, 6.07) is -0.402. The maximum Gasteiger partial charge on any atom is 0.317 e. The van der Waals surface area contributed by atoms with Crippen LogP contribution >= 0.6 is 12.4 Å². The standard InChI is InChI=1S/C7H12FNO3.ClH/c1-9(2-7(10)11)6-4-12-3-5(6)8;/h5-6H,2-4H2,1H3,(H,10,11);1H/t5-,6-;/m1./s1. The van der Waals surface area contributed by atoms with Crippen molar-refractivity contribution in [2.45, 2.75) is 12.2 Å². The molecule has 4 nitrogen and oxygen atoms in total. The van der Waals surface area contributed by atoms with Crippen LogP contribution < -0.4 is 0 Å². The van der Waals surface area contributed by atoms with Crippen LogP contribution in [0.1, 0.15) is 0 Å². The number of likely N-dealkylation sites (N-methyl/N-ethyl adjacent to an activating group) is 1. The summed E-state index contributed by atoms with van der Waals surface area (Å²) < 4.78 is 17.8. The summed E-state index contributed by atoms with van der Waals surface area (Å²) in [6.07, 6.45) is -1.06. The van der Waals surface area contributed by atoms with Gasteiger partial charge in [-0.1, -0.05) is 0 Å². The van der Waals surface area contributed by atoms with Crippen LogP contribution in [-0.2, 0) is 9.53 Å². The predicted molar refractivity (Wildman–Crippen MR) is 47.0 cm³/mol. The van der Waals surface area contributed by atoms with E-state index in [4.69, 9.17) is 9.84 Å². The lowest BCUT2D eigenvalue weighted by molar-refractivity contribution is -0.138. The van der Waals surface area contributed by atoms with Gasteiger partial charge in [-0.05, 0) is 7.05 Å². The molecule has 0 aliphatic carbocycles. The quantitative estimate of drug-likeness (QED) is 0.726. The summed E-state index contributed by atoms with van der Waals surface area (Å²) in [5, 5.41) is 8.43. The van der Waals surface area contributed by atoms with E-state index < -0.39 is 18.2 Å². The number of carboxylic acids is 1. The number of hydrogen-bond donors (Lipinski definition) is 1. The van der Waals surface area contributed by atoms with Crippen molar-refractivity contribution in [1.29, 1.82) is 0 Å². The van der Waals surface area contributed by atoms with Crippen LogP contribution in [0.5, 0.6) is 0 Å². The van der Waals surface area contributed by atoms with Gasteiger partial charge in [0.1, 0.15) is 6.17 Å². The van der Waals surface area contributed by atoms with Crippen molar-refractivity contribution in [1.82, 2.24) is 4.90 Å². The fraction of sp³-hybridized carbons (Fsp3) is 0.857. The van der Waals surface area contributed by atoms with Gasteiger partial charge in [-0.2, -0.15) is 0 Å². The van der Waals surface area contributed by atoms with E-state index in [2.05, 4.69) is 0 Å². The van der Waals surface area contributed by atoms with Crippen LogP contribution in [-0.4, -0.2) is 55.0 Å². The van der Waals surface area contributed by atoms with Crippen molar-refractivity contribution < 1.29 is 19.0 Å². The number of carboxylic acid groups (broad SMARTS) is 1. The number of hydrogen-bond acceptors (Lipinski definition) is 3. The number of ether oxygens (including phenoxy) is 1. The van der Waals surface area contributed by atoms with E-state index in [1.54, 1.807) is 7.05 Å². The minimum Gasteiger partial charge on any atom is -0.480 e. The average molecular weight is 214 g/mol. The summed E-state index contributed by atoms with van der Waals surface area (Å²) in [5.74, 6) is -0.948. The molecule has 0 spiro atoms. The van der Waals surface area contributed by atoms with E-state index in [-0.39, 0.29) is 32.2 Å². The molecule has 0 aromatic rings. The molecule has 13 heavy (non-hydrogen) atoms. The van der Waals surface area contributed by atoms with Gasteiger partial charge in [0.15, 0.2) is 0 Å². The highest BCUT2D eigenvalue weighted by Crippen LogP contribution is 2.14. The SMILES string of the molecule is CN(CC(=O)O)[C@@H]1COC[C@H]1F.Cl. The lowest BCUT2D eigenvalue weighted by Crippen LogP contribution is -2.41. The highest BCUT2D eigenvalue weighted by atomic mass is 35.5. The molecule has 1 saturated heterocycles. The molecular formula is C7H13ClFNO3. The molecular weight excluding hydrogens is 201 g/mol. The van der Waals surface area contributed by atoms with E-state index in [0.29, 0.717) is 0 Å². The molecule has 1 aliphatic heterocycles. The van der Waals surface area contributed by atoms with Crippen LogP contribution in [0.2, 0.25) is 0 Å². The summed E-state index contributed by atoms with van der Waals surface area (Å²) in [4.78, 5) is 11.7. The van der Waals surface area contributed by atoms with E-state index in [1.807, 2.05) is 0 Å². The number of aliphatic carboxylic acids is 1. The van der Waals surface area contributed by atoms with Crippen LogP contribution in [0.25, 0.3) is 0 Å². The Bertz CT molecular complexity index is 181. The average Bonchev–Trinajstić information content (AvgIpc) is 2.33. The summed E-state index contributed by atoms with van der Waals surface area (Å²) >= 11 is 0. The Morgan fingerprint density at radius 1 is 1.69 bits per heavy atom. The fourth-order valence-electron chi connectivity index (χ4n) is 1.25. The molecule has 1 aliphatic rings. The van der Waals surface area contributed by atoms with Gasteiger partial charge in [0.25, 0.3) is 0 Å². The van der Waals surface area contributed by atoms with Gasteiger partial charge < -0.3 is 9.84 Å². The van der Waals surface area contributed by atoms with Crippen molar-refractivity contribution >= 4 is 18.4 Å². The molecule has 0 aromatic carbocycles. The van der Waals surface area contributed by atoms with Crippen LogP contribution in [0.15, 0.2) is 0 Å². The molecule has 78 valence electrons. The van der Waals surface area contributed by atoms with Crippen molar-refractivity contribution in [2.75, 3.05) is 26.8 Å². The molecule has 1 heterocycles. The second-order valence-corrected chi connectivity index (χ2v) is 2.93. The molecule has 0 radical (unpaired) electrons. The Morgan fingerprint density at radius 3 is 2.69 bits per heavy atom. The summed E-state index contributed by atoms with van der Waals surface area (Å²) in [5.41, 5.74) is 0. The van der Waals surface area contributed by atoms with Gasteiger partial charge in [-0.25, -0.2) is 4.39 Å². The number of halogens is 2. The largest absolute Gasteiger partial charge is 0.480 e. The minimum atomic E-state index is -1.06. The highest BCUT2D eigenvalue weighted by Gasteiger charge is 2.31. The van der Waals surface area contributed by atoms with Gasteiger partial charge in [0, 0.05) is 0 Å². The smallest absolute Gasteiger partial charge is 0.317 e. The zero-order valence-electron chi connectivity index (χ0n) is 7.27. The second kappa shape index (κ2) is 5.36. The molecule has 0 aromatic heterocycles. The zero-order valence-corrected chi connectivity index (χ0v) is 8.09. The van der Waals surface area contributed by atoms with E-state index in [0.717, 1.165) is 0 Å². The van der Waals surface area contributed by atoms with E-state index in [1.165, 1.54) is 4.90 Å². The molecule has 1 N–H and O–H groups in total. The molecule has 1 fully saturated rings. The predicted octanol–water partition coefficient (Wildman–Crippen LogP) is 0.162. The van der Waals surface area contributed by atoms with Crippen LogP contribution in [0.4, 0.5) is 4.39 Å². The first-order valence-corrected chi connectivity index (χ1v) is 3.75. The van der Waals surface area contributed by atoms with Gasteiger partial charge in [-0.3, -0.25) is 9.69 Å². The third kappa shape index (κ3) is 3.46. The molecule has 0 saturated carbocycles. The lowest BCUT2D eigenvalue weighted by Gasteiger charge is -2.21. The Balaban J connectivity index is 0.00000144. The van der Waals surface area contributed by atoms with Gasteiger partial charge >= 0.3 is 5.97 Å². The Kier molecular flexibility index (Phi) is 5.20. The third-order valence-electron chi connectivity index (χ3n) is 1.93. The van der Waals surface area contributed by atoms with Crippen LogP contribution in [0.3, 0.4) is 0 Å². The molecule has 2 atom stereocenters. The Hall–Kier alpha value is -0.390. The topological polar surface area (TPSA) is 49.8 Å². The van der Waals surface area contributed by atoms with Gasteiger partial charge in [0.2, 0.25) is 0 Å². The normalized spacial score (nSPS) is 27.3. The maximum atomic E-state index is 12.9. The monoisotopic (exact) mass is 213 g/mol. The number of alkyl halides is 1. The van der Waals surface area contributed by atoms with Gasteiger partial charge in [0.05, 0.1) is 25.8 Å². The molecule has 0 bridgehead atoms. The van der Waals surface area contributed by atoms with Crippen LogP contribution in [0, 0.1) is 0 Å². The minimum absolute atomic E-state index is 0. The van der Waals surface area contributed by atoms with Crippen molar-refractivity contribution in [3.63, 3.8) is 0 Å². The highest BCUT2D eigenvalue weighted by molar-refractivity contribution is 5.85. The molecule has 6 heteroatoms. The first kappa shape index (κ1) is 12.6.